The molecule has 27 heavy (non-hydrogen) atoms. The fourth-order valence-corrected chi connectivity index (χ4v) is 3.87. The highest BCUT2D eigenvalue weighted by Crippen LogP contribution is 2.22. The zero-order valence-corrected chi connectivity index (χ0v) is 15.0. The number of hydrogen-bond donors (Lipinski definition) is 1. The maximum atomic E-state index is 12.7. The Morgan fingerprint density at radius 1 is 1.07 bits per heavy atom. The second-order valence-electron chi connectivity index (χ2n) is 7.06. The molecule has 0 saturated heterocycles. The van der Waals surface area contributed by atoms with Crippen LogP contribution in [0.3, 0.4) is 0 Å². The first kappa shape index (κ1) is 16.0. The first-order valence-electron chi connectivity index (χ1n) is 9.31. The number of benzene rings is 1. The number of aromatic nitrogens is 5. The summed E-state index contributed by atoms with van der Waals surface area (Å²) in [6.07, 6.45) is 5.52. The molecule has 0 radical (unpaired) electrons. The van der Waals surface area contributed by atoms with Gasteiger partial charge in [0.05, 0.1) is 6.54 Å². The number of rotatable bonds is 2. The van der Waals surface area contributed by atoms with Crippen LogP contribution < -0.4 is 5.32 Å². The van der Waals surface area contributed by atoms with Crippen LogP contribution in [0.1, 0.15) is 18.1 Å². The number of carbonyl (C=O) groups excluding carboxylic acids is 1. The number of imidazole rings is 1. The molecule has 3 aromatic rings. The second kappa shape index (κ2) is 6.53. The van der Waals surface area contributed by atoms with Crippen molar-refractivity contribution in [3.05, 3.63) is 54.4 Å². The van der Waals surface area contributed by atoms with Crippen LogP contribution in [-0.4, -0.2) is 47.8 Å². The van der Waals surface area contributed by atoms with Crippen molar-refractivity contribution >= 4 is 6.03 Å². The number of nitrogens with one attached hydrogen (secondary N) is 1. The Morgan fingerprint density at radius 2 is 1.96 bits per heavy atom. The van der Waals surface area contributed by atoms with Gasteiger partial charge in [0.1, 0.15) is 5.82 Å². The molecule has 2 aromatic heterocycles. The predicted molar refractivity (Wildman–Crippen MR) is 98.7 cm³/mol. The number of hydrogen-bond acceptors (Lipinski definition) is 4. The normalized spacial score (nSPS) is 18.7. The second-order valence-corrected chi connectivity index (χ2v) is 7.06. The van der Waals surface area contributed by atoms with Crippen molar-refractivity contribution < 1.29 is 4.79 Å². The Bertz CT molecular complexity index is 962. The van der Waals surface area contributed by atoms with Gasteiger partial charge in [-0.15, -0.1) is 10.2 Å². The maximum absolute atomic E-state index is 12.7. The van der Waals surface area contributed by atoms with Crippen molar-refractivity contribution in [2.45, 2.75) is 38.5 Å². The SMILES string of the molecule is O=C(NC1CCn2ccnc2C1)N1CCn2c(nnc2-c2ccccc2)C1. The van der Waals surface area contributed by atoms with Crippen LogP contribution in [0.5, 0.6) is 0 Å². The smallest absolute Gasteiger partial charge is 0.318 e. The lowest BCUT2D eigenvalue weighted by Crippen LogP contribution is -2.49. The Morgan fingerprint density at radius 3 is 2.85 bits per heavy atom. The zero-order chi connectivity index (χ0) is 18.2. The van der Waals surface area contributed by atoms with Gasteiger partial charge in [0.15, 0.2) is 11.6 Å². The lowest BCUT2D eigenvalue weighted by molar-refractivity contribution is 0.176. The van der Waals surface area contributed by atoms with Gasteiger partial charge in [0.25, 0.3) is 0 Å². The molecule has 0 aliphatic carbocycles. The van der Waals surface area contributed by atoms with Crippen LogP contribution >= 0.6 is 0 Å². The molecule has 1 aromatic carbocycles. The van der Waals surface area contributed by atoms with E-state index in [1.54, 1.807) is 0 Å². The lowest BCUT2D eigenvalue weighted by Gasteiger charge is -2.31. The summed E-state index contributed by atoms with van der Waals surface area (Å²) < 4.78 is 4.26. The average Bonchev–Trinajstić information content (AvgIpc) is 3.34. The van der Waals surface area contributed by atoms with E-state index in [0.29, 0.717) is 19.6 Å². The van der Waals surface area contributed by atoms with E-state index in [2.05, 4.69) is 29.6 Å². The fourth-order valence-electron chi connectivity index (χ4n) is 3.87. The van der Waals surface area contributed by atoms with Crippen molar-refractivity contribution in [2.75, 3.05) is 6.54 Å². The Labute approximate surface area is 156 Å². The number of aryl methyl sites for hydroxylation is 1. The molecule has 2 amide bonds. The molecule has 2 aliphatic heterocycles. The molecule has 8 heteroatoms. The number of carbonyl (C=O) groups is 1. The van der Waals surface area contributed by atoms with Crippen molar-refractivity contribution in [2.24, 2.45) is 0 Å². The molecular weight excluding hydrogens is 342 g/mol. The third kappa shape index (κ3) is 2.97. The summed E-state index contributed by atoms with van der Waals surface area (Å²) in [5.74, 6) is 2.73. The van der Waals surface area contributed by atoms with Gasteiger partial charge in [0.2, 0.25) is 0 Å². The molecule has 1 unspecified atom stereocenters. The van der Waals surface area contributed by atoms with E-state index in [1.807, 2.05) is 47.6 Å². The van der Waals surface area contributed by atoms with E-state index < -0.39 is 0 Å². The summed E-state index contributed by atoms with van der Waals surface area (Å²) >= 11 is 0. The average molecular weight is 363 g/mol. The summed E-state index contributed by atoms with van der Waals surface area (Å²) in [7, 11) is 0. The van der Waals surface area contributed by atoms with E-state index in [-0.39, 0.29) is 12.1 Å². The molecule has 0 bridgehead atoms. The van der Waals surface area contributed by atoms with Gasteiger partial charge in [0, 0.05) is 50.1 Å². The van der Waals surface area contributed by atoms with Crippen molar-refractivity contribution in [1.82, 2.24) is 34.5 Å². The molecule has 4 heterocycles. The molecule has 5 rings (SSSR count). The molecule has 0 fully saturated rings. The van der Waals surface area contributed by atoms with Gasteiger partial charge in [-0.05, 0) is 6.42 Å². The minimum Gasteiger partial charge on any atom is -0.335 e. The molecule has 1 N–H and O–H groups in total. The van der Waals surface area contributed by atoms with Crippen LogP contribution in [0.4, 0.5) is 4.79 Å². The summed E-state index contributed by atoms with van der Waals surface area (Å²) in [5.41, 5.74) is 1.05. The molecular formula is C19H21N7O. The molecule has 2 aliphatic rings. The van der Waals surface area contributed by atoms with Gasteiger partial charge in [-0.1, -0.05) is 30.3 Å². The van der Waals surface area contributed by atoms with Crippen LogP contribution in [0, 0.1) is 0 Å². The van der Waals surface area contributed by atoms with E-state index in [4.69, 9.17) is 0 Å². The summed E-state index contributed by atoms with van der Waals surface area (Å²) in [4.78, 5) is 18.9. The molecule has 8 nitrogen and oxygen atoms in total. The highest BCUT2D eigenvalue weighted by molar-refractivity contribution is 5.74. The van der Waals surface area contributed by atoms with Crippen molar-refractivity contribution in [3.63, 3.8) is 0 Å². The first-order chi connectivity index (χ1) is 13.3. The summed E-state index contributed by atoms with van der Waals surface area (Å²) in [6.45, 7) is 2.73. The number of urea groups is 1. The van der Waals surface area contributed by atoms with Gasteiger partial charge in [-0.2, -0.15) is 0 Å². The summed E-state index contributed by atoms with van der Waals surface area (Å²) in [5, 5.41) is 11.8. The number of nitrogens with zero attached hydrogens (tertiary/aromatic N) is 6. The molecule has 0 saturated carbocycles. The topological polar surface area (TPSA) is 80.9 Å². The van der Waals surface area contributed by atoms with Crippen LogP contribution in [0.15, 0.2) is 42.7 Å². The fraction of sp³-hybridized carbons (Fsp3) is 0.368. The number of amides is 2. The first-order valence-corrected chi connectivity index (χ1v) is 9.31. The van der Waals surface area contributed by atoms with Crippen molar-refractivity contribution in [3.8, 4) is 11.4 Å². The third-order valence-electron chi connectivity index (χ3n) is 5.35. The maximum Gasteiger partial charge on any atom is 0.318 e. The lowest BCUT2D eigenvalue weighted by atomic mass is 10.1. The Balaban J connectivity index is 1.26. The zero-order valence-electron chi connectivity index (χ0n) is 15.0. The van der Waals surface area contributed by atoms with Gasteiger partial charge < -0.3 is 19.4 Å². The largest absolute Gasteiger partial charge is 0.335 e. The van der Waals surface area contributed by atoms with Crippen LogP contribution in [-0.2, 0) is 26.1 Å². The number of fused-ring (bicyclic) bond motifs is 2. The highest BCUT2D eigenvalue weighted by Gasteiger charge is 2.27. The molecule has 1 atom stereocenters. The van der Waals surface area contributed by atoms with Gasteiger partial charge >= 0.3 is 6.03 Å². The van der Waals surface area contributed by atoms with E-state index in [9.17, 15) is 4.79 Å². The van der Waals surface area contributed by atoms with Gasteiger partial charge in [-0.3, -0.25) is 0 Å². The van der Waals surface area contributed by atoms with Crippen LogP contribution in [0.2, 0.25) is 0 Å². The van der Waals surface area contributed by atoms with Crippen LogP contribution in [0.25, 0.3) is 11.4 Å². The molecule has 138 valence electrons. The molecule has 0 spiro atoms. The van der Waals surface area contributed by atoms with E-state index in [0.717, 1.165) is 42.4 Å². The predicted octanol–water partition coefficient (Wildman–Crippen LogP) is 1.68. The summed E-state index contributed by atoms with van der Waals surface area (Å²) in [6, 6.07) is 10.1. The Hall–Kier alpha value is -3.16. The Kier molecular flexibility index (Phi) is 3.88. The minimum atomic E-state index is -0.0319. The minimum absolute atomic E-state index is 0.0319. The monoisotopic (exact) mass is 363 g/mol. The quantitative estimate of drug-likeness (QED) is 0.751. The van der Waals surface area contributed by atoms with E-state index >= 15 is 0 Å². The highest BCUT2D eigenvalue weighted by atomic mass is 16.2. The van der Waals surface area contributed by atoms with Crippen molar-refractivity contribution in [1.29, 1.82) is 0 Å². The van der Waals surface area contributed by atoms with Gasteiger partial charge in [-0.25, -0.2) is 9.78 Å². The van der Waals surface area contributed by atoms with E-state index in [1.165, 1.54) is 0 Å². The standard InChI is InChI=1S/C19H21N7O/c27-19(21-15-6-8-24-9-7-20-16(24)12-15)25-10-11-26-17(13-25)22-23-18(26)14-4-2-1-3-5-14/h1-5,7,9,15H,6,8,10-13H2,(H,21,27). The third-order valence-corrected chi connectivity index (χ3v) is 5.35.